The SMILES string of the molecule is Cc1ccc2cc(C(C)(C)C(=O)O)oc2c1. The Balaban J connectivity index is 2.59. The number of fused-ring (bicyclic) bond motifs is 1. The van der Waals surface area contributed by atoms with Gasteiger partial charge in [0, 0.05) is 5.39 Å². The molecule has 0 fully saturated rings. The second kappa shape index (κ2) is 3.37. The molecule has 1 aromatic heterocycles. The molecule has 0 atom stereocenters. The minimum absolute atomic E-state index is 0.487. The Kier molecular flexibility index (Phi) is 2.26. The molecule has 1 heterocycles. The summed E-state index contributed by atoms with van der Waals surface area (Å²) in [5, 5.41) is 10.1. The Hall–Kier alpha value is -1.77. The van der Waals surface area contributed by atoms with Crippen LogP contribution >= 0.6 is 0 Å². The van der Waals surface area contributed by atoms with Gasteiger partial charge < -0.3 is 9.52 Å². The molecule has 1 N–H and O–H groups in total. The zero-order valence-corrected chi connectivity index (χ0v) is 9.57. The molecule has 0 saturated carbocycles. The van der Waals surface area contributed by atoms with E-state index in [1.54, 1.807) is 19.9 Å². The first-order valence-electron chi connectivity index (χ1n) is 5.15. The van der Waals surface area contributed by atoms with Crippen molar-refractivity contribution in [2.75, 3.05) is 0 Å². The molecule has 0 aliphatic rings. The Morgan fingerprint density at radius 1 is 1.31 bits per heavy atom. The van der Waals surface area contributed by atoms with Crippen molar-refractivity contribution < 1.29 is 14.3 Å². The molecule has 2 aromatic rings. The topological polar surface area (TPSA) is 50.4 Å². The number of furan rings is 1. The van der Waals surface area contributed by atoms with Gasteiger partial charge in [-0.15, -0.1) is 0 Å². The maximum Gasteiger partial charge on any atom is 0.316 e. The molecule has 0 bridgehead atoms. The quantitative estimate of drug-likeness (QED) is 0.842. The number of aryl methyl sites for hydroxylation is 1. The van der Waals surface area contributed by atoms with Crippen molar-refractivity contribution >= 4 is 16.9 Å². The zero-order valence-electron chi connectivity index (χ0n) is 9.57. The second-order valence-electron chi connectivity index (χ2n) is 4.58. The third kappa shape index (κ3) is 1.58. The molecule has 1 aromatic carbocycles. The van der Waals surface area contributed by atoms with Gasteiger partial charge in [-0.05, 0) is 38.5 Å². The van der Waals surface area contributed by atoms with Crippen LogP contribution in [0.25, 0.3) is 11.0 Å². The molecule has 3 nitrogen and oxygen atoms in total. The summed E-state index contributed by atoms with van der Waals surface area (Å²) in [4.78, 5) is 11.1. The maximum absolute atomic E-state index is 11.1. The molecule has 0 aliphatic heterocycles. The molecular weight excluding hydrogens is 204 g/mol. The average molecular weight is 218 g/mol. The fraction of sp³-hybridized carbons (Fsp3) is 0.308. The predicted molar refractivity (Wildman–Crippen MR) is 61.6 cm³/mol. The Labute approximate surface area is 93.7 Å². The van der Waals surface area contributed by atoms with Crippen molar-refractivity contribution in [1.29, 1.82) is 0 Å². The summed E-state index contributed by atoms with van der Waals surface area (Å²) in [6.45, 7) is 5.25. The van der Waals surface area contributed by atoms with Crippen molar-refractivity contribution in [2.45, 2.75) is 26.2 Å². The van der Waals surface area contributed by atoms with E-state index in [2.05, 4.69) is 0 Å². The van der Waals surface area contributed by atoms with Crippen LogP contribution in [-0.4, -0.2) is 11.1 Å². The fourth-order valence-electron chi connectivity index (χ4n) is 1.55. The van der Waals surface area contributed by atoms with E-state index in [9.17, 15) is 4.79 Å². The lowest BCUT2D eigenvalue weighted by atomic mass is 9.90. The van der Waals surface area contributed by atoms with Gasteiger partial charge in [0.15, 0.2) is 0 Å². The van der Waals surface area contributed by atoms with E-state index >= 15 is 0 Å². The van der Waals surface area contributed by atoms with Crippen LogP contribution in [0.4, 0.5) is 0 Å². The van der Waals surface area contributed by atoms with Crippen LogP contribution in [0.3, 0.4) is 0 Å². The van der Waals surface area contributed by atoms with Gasteiger partial charge in [0.05, 0.1) is 0 Å². The van der Waals surface area contributed by atoms with Gasteiger partial charge in [0.1, 0.15) is 16.8 Å². The third-order valence-corrected chi connectivity index (χ3v) is 2.83. The van der Waals surface area contributed by atoms with Gasteiger partial charge >= 0.3 is 5.97 Å². The smallest absolute Gasteiger partial charge is 0.316 e. The number of carbonyl (C=O) groups is 1. The van der Waals surface area contributed by atoms with E-state index in [-0.39, 0.29) is 0 Å². The molecule has 84 valence electrons. The monoisotopic (exact) mass is 218 g/mol. The van der Waals surface area contributed by atoms with Crippen molar-refractivity contribution in [1.82, 2.24) is 0 Å². The average Bonchev–Trinajstić information content (AvgIpc) is 2.60. The number of benzene rings is 1. The minimum atomic E-state index is -0.993. The first kappa shape index (κ1) is 10.7. The molecule has 16 heavy (non-hydrogen) atoms. The van der Waals surface area contributed by atoms with Crippen molar-refractivity contribution in [3.05, 3.63) is 35.6 Å². The number of aliphatic carboxylic acids is 1. The highest BCUT2D eigenvalue weighted by molar-refractivity contribution is 5.84. The van der Waals surface area contributed by atoms with E-state index < -0.39 is 11.4 Å². The lowest BCUT2D eigenvalue weighted by molar-refractivity contribution is -0.143. The first-order valence-corrected chi connectivity index (χ1v) is 5.15. The van der Waals surface area contributed by atoms with Gasteiger partial charge in [-0.25, -0.2) is 0 Å². The number of carboxylic acids is 1. The van der Waals surface area contributed by atoms with Crippen LogP contribution in [0.5, 0.6) is 0 Å². The highest BCUT2D eigenvalue weighted by Gasteiger charge is 2.33. The first-order chi connectivity index (χ1) is 7.41. The summed E-state index contributed by atoms with van der Waals surface area (Å²) in [6, 6.07) is 7.63. The number of rotatable bonds is 2. The van der Waals surface area contributed by atoms with Gasteiger partial charge in [-0.2, -0.15) is 0 Å². The molecule has 0 radical (unpaired) electrons. The summed E-state index contributed by atoms with van der Waals surface area (Å²) < 4.78 is 5.59. The van der Waals surface area contributed by atoms with Gasteiger partial charge in [-0.1, -0.05) is 12.1 Å². The molecule has 0 saturated heterocycles. The molecule has 0 spiro atoms. The molecule has 0 unspecified atom stereocenters. The van der Waals surface area contributed by atoms with Crippen LogP contribution in [0.1, 0.15) is 25.2 Å². The summed E-state index contributed by atoms with van der Waals surface area (Å²) in [5.74, 6) is -0.399. The number of hydrogen-bond donors (Lipinski definition) is 1. The minimum Gasteiger partial charge on any atom is -0.481 e. The lowest BCUT2D eigenvalue weighted by Crippen LogP contribution is -2.27. The second-order valence-corrected chi connectivity index (χ2v) is 4.58. The largest absolute Gasteiger partial charge is 0.481 e. The summed E-state index contributed by atoms with van der Waals surface area (Å²) in [7, 11) is 0. The van der Waals surface area contributed by atoms with Crippen LogP contribution in [0.2, 0.25) is 0 Å². The summed E-state index contributed by atoms with van der Waals surface area (Å²) >= 11 is 0. The number of carboxylic acid groups (broad SMARTS) is 1. The highest BCUT2D eigenvalue weighted by atomic mass is 16.4. The van der Waals surface area contributed by atoms with E-state index in [1.165, 1.54) is 0 Å². The van der Waals surface area contributed by atoms with Crippen molar-refractivity contribution in [3.8, 4) is 0 Å². The highest BCUT2D eigenvalue weighted by Crippen LogP contribution is 2.30. The van der Waals surface area contributed by atoms with Gasteiger partial charge in [0.25, 0.3) is 0 Å². The zero-order chi connectivity index (χ0) is 11.9. The lowest BCUT2D eigenvalue weighted by Gasteiger charge is -2.15. The van der Waals surface area contributed by atoms with Crippen molar-refractivity contribution in [3.63, 3.8) is 0 Å². The van der Waals surface area contributed by atoms with E-state index in [4.69, 9.17) is 9.52 Å². The van der Waals surface area contributed by atoms with E-state index in [1.807, 2.05) is 25.1 Å². The predicted octanol–water partition coefficient (Wildman–Crippen LogP) is 3.10. The van der Waals surface area contributed by atoms with Crippen molar-refractivity contribution in [2.24, 2.45) is 0 Å². The molecule has 2 rings (SSSR count). The molecule has 0 amide bonds. The molecule has 3 heteroatoms. The van der Waals surface area contributed by atoms with Gasteiger partial charge in [-0.3, -0.25) is 4.79 Å². The summed E-state index contributed by atoms with van der Waals surface area (Å²) in [5.41, 5.74) is 0.846. The van der Waals surface area contributed by atoms with E-state index in [0.29, 0.717) is 5.76 Å². The number of hydrogen-bond acceptors (Lipinski definition) is 2. The Bertz CT molecular complexity index is 549. The van der Waals surface area contributed by atoms with Crippen LogP contribution in [0, 0.1) is 6.92 Å². The normalized spacial score (nSPS) is 11.9. The maximum atomic E-state index is 11.1. The molecule has 0 aliphatic carbocycles. The Morgan fingerprint density at radius 3 is 2.62 bits per heavy atom. The third-order valence-electron chi connectivity index (χ3n) is 2.83. The molecular formula is C13H14O3. The standard InChI is InChI=1S/C13H14O3/c1-8-4-5-9-7-11(16-10(9)6-8)13(2,3)12(14)15/h4-7H,1-3H3,(H,14,15). The van der Waals surface area contributed by atoms with Crippen LogP contribution in [-0.2, 0) is 10.2 Å². The Morgan fingerprint density at radius 2 is 2.00 bits per heavy atom. The van der Waals surface area contributed by atoms with E-state index in [0.717, 1.165) is 16.5 Å². The van der Waals surface area contributed by atoms with Gasteiger partial charge in [0.2, 0.25) is 0 Å². The fourth-order valence-corrected chi connectivity index (χ4v) is 1.55. The van der Waals surface area contributed by atoms with Crippen LogP contribution < -0.4 is 0 Å². The summed E-state index contributed by atoms with van der Waals surface area (Å²) in [6.07, 6.45) is 0. The van der Waals surface area contributed by atoms with Crippen LogP contribution in [0.15, 0.2) is 28.7 Å².